The Morgan fingerprint density at radius 3 is 2.69 bits per heavy atom. The summed E-state index contributed by atoms with van der Waals surface area (Å²) in [5, 5.41) is 9.45. The monoisotopic (exact) mass is 583 g/mol. The number of nitrogens with zero attached hydrogens (tertiary/aromatic N) is 7. The molecule has 2 fully saturated rings. The fourth-order valence-electron chi connectivity index (χ4n) is 6.20. The Bertz CT molecular complexity index is 1350. The van der Waals surface area contributed by atoms with Crippen molar-refractivity contribution in [1.82, 2.24) is 19.8 Å². The number of hydrogen-bond donors (Lipinski definition) is 0. The van der Waals surface area contributed by atoms with Crippen LogP contribution in [-0.2, 0) is 24.2 Å². The second kappa shape index (κ2) is 12.6. The SMILES string of the molecule is C=CC(=O)N1CCN(c2nc(OCC3CCCN3C)nc3c2CCN(c2ccccc2CC(F)(F)F)C3)CC1CC#N. The number of alkyl halides is 3. The van der Waals surface area contributed by atoms with Crippen LogP contribution in [0.1, 0.15) is 36.1 Å². The van der Waals surface area contributed by atoms with E-state index in [4.69, 9.17) is 14.7 Å². The summed E-state index contributed by atoms with van der Waals surface area (Å²) < 4.78 is 46.2. The van der Waals surface area contributed by atoms with Crippen molar-refractivity contribution in [3.05, 3.63) is 53.7 Å². The molecule has 224 valence electrons. The van der Waals surface area contributed by atoms with Crippen molar-refractivity contribution in [3.63, 3.8) is 0 Å². The van der Waals surface area contributed by atoms with E-state index in [0.29, 0.717) is 63.0 Å². The van der Waals surface area contributed by atoms with E-state index in [2.05, 4.69) is 29.5 Å². The minimum absolute atomic E-state index is 0.171. The average molecular weight is 584 g/mol. The molecule has 2 aromatic rings. The van der Waals surface area contributed by atoms with E-state index < -0.39 is 12.6 Å². The maximum atomic E-state index is 13.4. The number of nitriles is 1. The highest BCUT2D eigenvalue weighted by Crippen LogP contribution is 2.35. The lowest BCUT2D eigenvalue weighted by Gasteiger charge is -2.42. The standard InChI is InChI=1S/C30H36F3N7O2/c1-3-27(41)40-16-15-39(18-22(40)10-12-34)28-24-11-14-38(26-9-5-4-7-21(26)17-30(31,32)33)19-25(24)35-29(36-28)42-20-23-8-6-13-37(23)2/h3-5,7,9,22-23H,1,6,8,10-11,13-20H2,2H3. The summed E-state index contributed by atoms with van der Waals surface area (Å²) in [5.74, 6) is 0.490. The molecule has 2 saturated heterocycles. The number of benzene rings is 1. The van der Waals surface area contributed by atoms with Gasteiger partial charge in [0.15, 0.2) is 0 Å². The van der Waals surface area contributed by atoms with Crippen molar-refractivity contribution < 1.29 is 22.7 Å². The molecule has 1 amide bonds. The molecular formula is C30H36F3N7O2. The van der Waals surface area contributed by atoms with E-state index in [1.807, 2.05) is 4.90 Å². The number of anilines is 2. The Kier molecular flexibility index (Phi) is 8.87. The second-order valence-corrected chi connectivity index (χ2v) is 11.1. The van der Waals surface area contributed by atoms with Gasteiger partial charge in [-0.25, -0.2) is 0 Å². The molecule has 1 aromatic carbocycles. The van der Waals surface area contributed by atoms with E-state index in [9.17, 15) is 23.2 Å². The molecule has 1 aromatic heterocycles. The number of likely N-dealkylation sites (tertiary alicyclic amines) is 1. The Hall–Kier alpha value is -3.85. The Labute approximate surface area is 244 Å². The number of likely N-dealkylation sites (N-methyl/N-ethyl adjacent to an activating group) is 1. The highest BCUT2D eigenvalue weighted by Gasteiger charge is 2.35. The van der Waals surface area contributed by atoms with Gasteiger partial charge in [-0.3, -0.25) is 4.79 Å². The van der Waals surface area contributed by atoms with Crippen LogP contribution in [0.25, 0.3) is 0 Å². The van der Waals surface area contributed by atoms with E-state index in [0.717, 1.165) is 24.9 Å². The lowest BCUT2D eigenvalue weighted by molar-refractivity contribution is -0.129. The number of halogens is 3. The van der Waals surface area contributed by atoms with Gasteiger partial charge in [-0.2, -0.15) is 28.4 Å². The van der Waals surface area contributed by atoms with Gasteiger partial charge in [-0.1, -0.05) is 24.8 Å². The number of piperazine rings is 1. The second-order valence-electron chi connectivity index (χ2n) is 11.1. The Morgan fingerprint density at radius 2 is 1.98 bits per heavy atom. The van der Waals surface area contributed by atoms with Crippen molar-refractivity contribution in [2.45, 2.75) is 56.9 Å². The van der Waals surface area contributed by atoms with Gasteiger partial charge in [0.05, 0.1) is 37.2 Å². The van der Waals surface area contributed by atoms with Crippen LogP contribution in [0.2, 0.25) is 0 Å². The van der Waals surface area contributed by atoms with Gasteiger partial charge in [-0.05, 0) is 50.6 Å². The lowest BCUT2D eigenvalue weighted by Crippen LogP contribution is -2.55. The first-order valence-corrected chi connectivity index (χ1v) is 14.3. The third-order valence-corrected chi connectivity index (χ3v) is 8.39. The predicted molar refractivity (Wildman–Crippen MR) is 152 cm³/mol. The fourth-order valence-corrected chi connectivity index (χ4v) is 6.20. The molecule has 2 unspecified atom stereocenters. The number of carbonyl (C=O) groups excluding carboxylic acids is 1. The molecule has 2 atom stereocenters. The van der Waals surface area contributed by atoms with Crippen molar-refractivity contribution in [1.29, 1.82) is 5.26 Å². The van der Waals surface area contributed by atoms with Crippen molar-refractivity contribution in [2.24, 2.45) is 0 Å². The zero-order valence-electron chi connectivity index (χ0n) is 23.8. The first-order chi connectivity index (χ1) is 20.2. The van der Waals surface area contributed by atoms with Crippen LogP contribution >= 0.6 is 0 Å². The number of carbonyl (C=O) groups is 1. The first kappa shape index (κ1) is 29.6. The molecule has 3 aliphatic heterocycles. The molecule has 12 heteroatoms. The zero-order valence-corrected chi connectivity index (χ0v) is 23.8. The van der Waals surface area contributed by atoms with Crippen molar-refractivity contribution in [2.75, 3.05) is 56.2 Å². The van der Waals surface area contributed by atoms with Crippen LogP contribution in [0.15, 0.2) is 36.9 Å². The van der Waals surface area contributed by atoms with Gasteiger partial charge in [0, 0.05) is 43.5 Å². The first-order valence-electron chi connectivity index (χ1n) is 14.3. The van der Waals surface area contributed by atoms with Gasteiger partial charge < -0.3 is 24.3 Å². The van der Waals surface area contributed by atoms with Gasteiger partial charge in [0.1, 0.15) is 12.4 Å². The minimum Gasteiger partial charge on any atom is -0.462 e. The molecule has 3 aliphatic rings. The van der Waals surface area contributed by atoms with Crippen LogP contribution in [-0.4, -0.2) is 90.3 Å². The molecule has 0 radical (unpaired) electrons. The van der Waals surface area contributed by atoms with Crippen LogP contribution in [0, 0.1) is 11.3 Å². The number of amides is 1. The number of aromatic nitrogens is 2. The summed E-state index contributed by atoms with van der Waals surface area (Å²) in [5.41, 5.74) is 2.40. The van der Waals surface area contributed by atoms with E-state index in [-0.39, 0.29) is 36.0 Å². The number of hydrogen-bond acceptors (Lipinski definition) is 8. The molecule has 0 bridgehead atoms. The summed E-state index contributed by atoms with van der Waals surface area (Å²) in [6, 6.07) is 8.98. The van der Waals surface area contributed by atoms with Gasteiger partial charge in [0.2, 0.25) is 5.91 Å². The summed E-state index contributed by atoms with van der Waals surface area (Å²) >= 11 is 0. The molecule has 0 N–H and O–H groups in total. The number of para-hydroxylation sites is 1. The molecule has 0 aliphatic carbocycles. The normalized spacial score (nSPS) is 21.2. The molecule has 4 heterocycles. The number of fused-ring (bicyclic) bond motifs is 1. The predicted octanol–water partition coefficient (Wildman–Crippen LogP) is 3.73. The maximum Gasteiger partial charge on any atom is 0.393 e. The van der Waals surface area contributed by atoms with E-state index >= 15 is 0 Å². The lowest BCUT2D eigenvalue weighted by atomic mass is 10.0. The van der Waals surface area contributed by atoms with Crippen LogP contribution in [0.5, 0.6) is 6.01 Å². The van der Waals surface area contributed by atoms with Crippen LogP contribution in [0.4, 0.5) is 24.7 Å². The molecule has 0 spiro atoms. The average Bonchev–Trinajstić information content (AvgIpc) is 3.39. The van der Waals surface area contributed by atoms with Crippen molar-refractivity contribution in [3.8, 4) is 12.1 Å². The maximum absolute atomic E-state index is 13.4. The Balaban J connectivity index is 1.46. The smallest absolute Gasteiger partial charge is 0.393 e. The van der Waals surface area contributed by atoms with Gasteiger partial charge >= 0.3 is 12.2 Å². The quantitative estimate of drug-likeness (QED) is 0.435. The largest absolute Gasteiger partial charge is 0.462 e. The fraction of sp³-hybridized carbons (Fsp3) is 0.533. The third kappa shape index (κ3) is 6.62. The van der Waals surface area contributed by atoms with Crippen LogP contribution in [0.3, 0.4) is 0 Å². The summed E-state index contributed by atoms with van der Waals surface area (Å²) in [7, 11) is 2.07. The topological polar surface area (TPSA) is 88.8 Å². The van der Waals surface area contributed by atoms with Gasteiger partial charge in [0.25, 0.3) is 0 Å². The molecule has 42 heavy (non-hydrogen) atoms. The van der Waals surface area contributed by atoms with Crippen LogP contribution < -0.4 is 14.5 Å². The molecule has 9 nitrogen and oxygen atoms in total. The van der Waals surface area contributed by atoms with Crippen molar-refractivity contribution >= 4 is 17.4 Å². The number of ether oxygens (including phenoxy) is 1. The summed E-state index contributed by atoms with van der Waals surface area (Å²) in [4.78, 5) is 30.0. The van der Waals surface area contributed by atoms with E-state index in [1.165, 1.54) is 12.1 Å². The van der Waals surface area contributed by atoms with E-state index in [1.54, 1.807) is 23.1 Å². The highest BCUT2D eigenvalue weighted by molar-refractivity contribution is 5.87. The number of rotatable bonds is 8. The molecule has 5 rings (SSSR count). The van der Waals surface area contributed by atoms with Gasteiger partial charge in [-0.15, -0.1) is 0 Å². The molecular weight excluding hydrogens is 547 g/mol. The highest BCUT2D eigenvalue weighted by atomic mass is 19.4. The Morgan fingerprint density at radius 1 is 1.17 bits per heavy atom. The minimum atomic E-state index is -4.32. The zero-order chi connectivity index (χ0) is 29.9. The molecule has 0 saturated carbocycles. The summed E-state index contributed by atoms with van der Waals surface area (Å²) in [6.07, 6.45) is -1.23. The summed E-state index contributed by atoms with van der Waals surface area (Å²) in [6.45, 7) is 7.19. The third-order valence-electron chi connectivity index (χ3n) is 8.39.